The van der Waals surface area contributed by atoms with Crippen molar-refractivity contribution in [3.63, 3.8) is 0 Å². The van der Waals surface area contributed by atoms with Gasteiger partial charge in [-0.15, -0.1) is 0 Å². The number of hydrogen-bond acceptors (Lipinski definition) is 5. The van der Waals surface area contributed by atoms with Crippen molar-refractivity contribution in [2.75, 3.05) is 40.0 Å². The molecule has 0 bridgehead atoms. The molecule has 0 aromatic carbocycles. The SMILES string of the molecule is CC(C)OCCCN(C)CCC(=O)OCCO.[V]. The van der Waals surface area contributed by atoms with Crippen molar-refractivity contribution in [2.24, 2.45) is 0 Å². The fraction of sp³-hybridized carbons (Fsp3) is 0.917. The van der Waals surface area contributed by atoms with Crippen LogP contribution >= 0.6 is 0 Å². The normalized spacial score (nSPS) is 10.6. The van der Waals surface area contributed by atoms with E-state index in [1.165, 1.54) is 0 Å². The molecule has 107 valence electrons. The summed E-state index contributed by atoms with van der Waals surface area (Å²) in [6.07, 6.45) is 1.59. The topological polar surface area (TPSA) is 59.0 Å². The molecule has 1 radical (unpaired) electrons. The van der Waals surface area contributed by atoms with E-state index >= 15 is 0 Å². The van der Waals surface area contributed by atoms with E-state index in [4.69, 9.17) is 14.6 Å². The fourth-order valence-electron chi connectivity index (χ4n) is 1.28. The zero-order valence-electron chi connectivity index (χ0n) is 11.6. The maximum absolute atomic E-state index is 11.1. The van der Waals surface area contributed by atoms with Gasteiger partial charge in [0.2, 0.25) is 0 Å². The van der Waals surface area contributed by atoms with Crippen LogP contribution in [-0.4, -0.2) is 62.0 Å². The molecule has 0 saturated carbocycles. The summed E-state index contributed by atoms with van der Waals surface area (Å²) in [5.74, 6) is -0.260. The molecule has 0 amide bonds. The fourth-order valence-corrected chi connectivity index (χ4v) is 1.28. The molecule has 6 heteroatoms. The van der Waals surface area contributed by atoms with Gasteiger partial charge in [0.05, 0.1) is 19.1 Å². The molecule has 5 nitrogen and oxygen atoms in total. The monoisotopic (exact) mass is 298 g/mol. The maximum Gasteiger partial charge on any atom is 0.307 e. The van der Waals surface area contributed by atoms with Gasteiger partial charge in [-0.2, -0.15) is 0 Å². The minimum Gasteiger partial charge on any atom is -0.463 e. The van der Waals surface area contributed by atoms with Crippen molar-refractivity contribution < 1.29 is 37.9 Å². The molecule has 0 aromatic heterocycles. The Kier molecular flexibility index (Phi) is 15.0. The van der Waals surface area contributed by atoms with Gasteiger partial charge in [0.25, 0.3) is 0 Å². The molecule has 0 spiro atoms. The number of aliphatic hydroxyl groups is 1. The predicted octanol–water partition coefficient (Wildman–Crippen LogP) is 0.656. The predicted molar refractivity (Wildman–Crippen MR) is 65.9 cm³/mol. The first-order valence-electron chi connectivity index (χ1n) is 6.13. The minimum atomic E-state index is -0.260. The van der Waals surface area contributed by atoms with E-state index in [1.54, 1.807) is 0 Å². The Hall–Kier alpha value is -0.0656. The minimum absolute atomic E-state index is 0. The van der Waals surface area contributed by atoms with Crippen LogP contribution in [-0.2, 0) is 32.8 Å². The number of ether oxygens (including phenoxy) is 2. The molecule has 0 heterocycles. The summed E-state index contributed by atoms with van der Waals surface area (Å²) in [4.78, 5) is 13.2. The Bertz CT molecular complexity index is 203. The largest absolute Gasteiger partial charge is 0.463 e. The third-order valence-electron chi connectivity index (χ3n) is 2.19. The third kappa shape index (κ3) is 14.0. The first-order valence-corrected chi connectivity index (χ1v) is 6.13. The van der Waals surface area contributed by atoms with Crippen molar-refractivity contribution in [3.8, 4) is 0 Å². The van der Waals surface area contributed by atoms with Crippen molar-refractivity contribution >= 4 is 5.97 Å². The summed E-state index contributed by atoms with van der Waals surface area (Å²) in [5.41, 5.74) is 0. The average molecular weight is 298 g/mol. The van der Waals surface area contributed by atoms with Crippen LogP contribution < -0.4 is 0 Å². The summed E-state index contributed by atoms with van der Waals surface area (Å²) >= 11 is 0. The molecule has 0 aliphatic rings. The Morgan fingerprint density at radius 2 is 1.94 bits per heavy atom. The van der Waals surface area contributed by atoms with Crippen LogP contribution in [0.4, 0.5) is 0 Å². The van der Waals surface area contributed by atoms with Crippen LogP contribution in [0, 0.1) is 0 Å². The molecule has 0 atom stereocenters. The van der Waals surface area contributed by atoms with Gasteiger partial charge in [-0.1, -0.05) is 0 Å². The van der Waals surface area contributed by atoms with E-state index in [0.29, 0.717) is 13.0 Å². The van der Waals surface area contributed by atoms with Crippen LogP contribution in [0.3, 0.4) is 0 Å². The van der Waals surface area contributed by atoms with Crippen LogP contribution in [0.5, 0.6) is 0 Å². The van der Waals surface area contributed by atoms with Gasteiger partial charge in [0.1, 0.15) is 6.61 Å². The Labute approximate surface area is 122 Å². The number of rotatable bonds is 10. The van der Waals surface area contributed by atoms with Gasteiger partial charge < -0.3 is 19.5 Å². The van der Waals surface area contributed by atoms with Crippen molar-refractivity contribution in [1.29, 1.82) is 0 Å². The summed E-state index contributed by atoms with van der Waals surface area (Å²) in [6.45, 7) is 6.32. The second-order valence-corrected chi connectivity index (χ2v) is 4.27. The molecular formula is C12H25NO4V. The maximum atomic E-state index is 11.1. The zero-order valence-corrected chi connectivity index (χ0v) is 13.0. The second-order valence-electron chi connectivity index (χ2n) is 4.27. The second kappa shape index (κ2) is 13.4. The first-order chi connectivity index (χ1) is 8.06. The van der Waals surface area contributed by atoms with Crippen LogP contribution in [0.25, 0.3) is 0 Å². The van der Waals surface area contributed by atoms with E-state index in [2.05, 4.69) is 4.90 Å². The van der Waals surface area contributed by atoms with Gasteiger partial charge in [-0.25, -0.2) is 0 Å². The standard InChI is InChI=1S/C12H25NO4.V/c1-11(2)16-9-4-6-13(3)7-5-12(15)17-10-8-14;/h11,14H,4-10H2,1-3H3;. The summed E-state index contributed by atoms with van der Waals surface area (Å²) in [7, 11) is 1.97. The zero-order chi connectivity index (χ0) is 13.1. The number of nitrogens with zero attached hydrogens (tertiary/aromatic N) is 1. The molecular weight excluding hydrogens is 273 g/mol. The number of esters is 1. The smallest absolute Gasteiger partial charge is 0.307 e. The van der Waals surface area contributed by atoms with E-state index in [1.807, 2.05) is 20.9 Å². The summed E-state index contributed by atoms with van der Waals surface area (Å²) < 4.78 is 10.2. The number of aliphatic hydroxyl groups excluding tert-OH is 1. The summed E-state index contributed by atoms with van der Waals surface area (Å²) in [6, 6.07) is 0. The van der Waals surface area contributed by atoms with Gasteiger partial charge >= 0.3 is 5.97 Å². The molecule has 0 aliphatic heterocycles. The number of carbonyl (C=O) groups is 1. The molecule has 0 saturated heterocycles. The van der Waals surface area contributed by atoms with E-state index in [9.17, 15) is 4.79 Å². The molecule has 0 fully saturated rings. The third-order valence-corrected chi connectivity index (χ3v) is 2.19. The molecule has 18 heavy (non-hydrogen) atoms. The Morgan fingerprint density at radius 1 is 1.28 bits per heavy atom. The number of hydrogen-bond donors (Lipinski definition) is 1. The van der Waals surface area contributed by atoms with Gasteiger partial charge in [-0.3, -0.25) is 4.79 Å². The van der Waals surface area contributed by atoms with Crippen molar-refractivity contribution in [3.05, 3.63) is 0 Å². The summed E-state index contributed by atoms with van der Waals surface area (Å²) in [5, 5.41) is 8.48. The average Bonchev–Trinajstić information content (AvgIpc) is 2.29. The molecule has 1 N–H and O–H groups in total. The van der Waals surface area contributed by atoms with Gasteiger partial charge in [-0.05, 0) is 27.3 Å². The van der Waals surface area contributed by atoms with Crippen LogP contribution in [0.2, 0.25) is 0 Å². The van der Waals surface area contributed by atoms with E-state index in [0.717, 1.165) is 19.6 Å². The Balaban J connectivity index is 0. The van der Waals surface area contributed by atoms with E-state index < -0.39 is 0 Å². The van der Waals surface area contributed by atoms with Crippen molar-refractivity contribution in [1.82, 2.24) is 4.90 Å². The quantitative estimate of drug-likeness (QED) is 0.474. The van der Waals surface area contributed by atoms with Gasteiger partial charge in [0, 0.05) is 38.3 Å². The molecule has 0 rings (SSSR count). The molecule has 0 aliphatic carbocycles. The molecule has 0 aromatic rings. The first kappa shape index (κ1) is 20.3. The van der Waals surface area contributed by atoms with Crippen LogP contribution in [0.15, 0.2) is 0 Å². The molecule has 0 unspecified atom stereocenters. The van der Waals surface area contributed by atoms with Crippen LogP contribution in [0.1, 0.15) is 26.7 Å². The van der Waals surface area contributed by atoms with E-state index in [-0.39, 0.29) is 43.8 Å². The Morgan fingerprint density at radius 3 is 2.50 bits per heavy atom. The van der Waals surface area contributed by atoms with Crippen molar-refractivity contribution in [2.45, 2.75) is 32.8 Å². The number of carbonyl (C=O) groups excluding carboxylic acids is 1. The van der Waals surface area contributed by atoms with Gasteiger partial charge in [0.15, 0.2) is 0 Å².